The summed E-state index contributed by atoms with van der Waals surface area (Å²) in [6, 6.07) is 9.38. The lowest BCUT2D eigenvalue weighted by Gasteiger charge is -2.60. The summed E-state index contributed by atoms with van der Waals surface area (Å²) in [5, 5.41) is 2.37. The fourth-order valence-corrected chi connectivity index (χ4v) is 10.4. The van der Waals surface area contributed by atoms with Crippen LogP contribution in [0.25, 0.3) is 0 Å². The van der Waals surface area contributed by atoms with Crippen LogP contribution in [0.1, 0.15) is 113 Å². The molecule has 5 amide bonds. The first kappa shape index (κ1) is 31.2. The summed E-state index contributed by atoms with van der Waals surface area (Å²) in [5.74, 6) is -0.169. The summed E-state index contributed by atoms with van der Waals surface area (Å²) < 4.78 is 0. The van der Waals surface area contributed by atoms with Crippen LogP contribution in [0.3, 0.4) is 0 Å². The van der Waals surface area contributed by atoms with Crippen LogP contribution in [0, 0.1) is 16.7 Å². The van der Waals surface area contributed by atoms with Crippen molar-refractivity contribution in [3.05, 3.63) is 69.3 Å². The molecule has 5 aliphatic heterocycles. The Morgan fingerprint density at radius 2 is 1.42 bits per heavy atom. The molecule has 1 saturated carbocycles. The third-order valence-corrected chi connectivity index (χ3v) is 11.9. The molecule has 0 spiro atoms. The summed E-state index contributed by atoms with van der Waals surface area (Å²) in [4.78, 5) is 72.3. The number of nitrogens with zero attached hydrogens (tertiary/aromatic N) is 4. The van der Waals surface area contributed by atoms with E-state index in [-0.39, 0.29) is 52.8 Å². The Balaban J connectivity index is 0.853. The zero-order valence-corrected chi connectivity index (χ0v) is 28.4. The minimum absolute atomic E-state index is 0.0468. The molecule has 2 saturated heterocycles. The van der Waals surface area contributed by atoms with Gasteiger partial charge in [-0.05, 0) is 89.0 Å². The van der Waals surface area contributed by atoms with Crippen LogP contribution in [0.5, 0.6) is 0 Å². The quantitative estimate of drug-likeness (QED) is 0.488. The number of carbonyl (C=O) groups is 5. The van der Waals surface area contributed by atoms with E-state index in [4.69, 9.17) is 0 Å². The molecule has 1 aliphatic carbocycles. The maximum Gasteiger partial charge on any atom is 0.255 e. The van der Waals surface area contributed by atoms with Gasteiger partial charge in [0.15, 0.2) is 0 Å². The van der Waals surface area contributed by atoms with E-state index in [1.807, 2.05) is 34.1 Å². The standard InChI is InChI=1S/C38H45N5O5/c1-37(2)21-38(3,4)36(37)43-20-26-13-23(5-6-28(26)34(43)47)33(46)41-11-9-22(10-12-41)16-40-17-24-14-27-19-42(30-7-8-31(44)39-32(30)45)35(48)29(27)15-25(24)18-40/h5-6,13-15,22,30,36H,7-12,16-21H2,1-4H3,(H,39,44,45). The van der Waals surface area contributed by atoms with E-state index >= 15 is 0 Å². The highest BCUT2D eigenvalue weighted by Gasteiger charge is 2.57. The van der Waals surface area contributed by atoms with Gasteiger partial charge in [0.25, 0.3) is 17.7 Å². The number of amides is 5. The van der Waals surface area contributed by atoms with Crippen LogP contribution < -0.4 is 5.32 Å². The van der Waals surface area contributed by atoms with E-state index in [0.29, 0.717) is 36.6 Å². The van der Waals surface area contributed by atoms with Crippen LogP contribution in [-0.2, 0) is 35.8 Å². The molecule has 0 bridgehead atoms. The summed E-state index contributed by atoms with van der Waals surface area (Å²) in [7, 11) is 0. The largest absolute Gasteiger partial charge is 0.339 e. The van der Waals surface area contributed by atoms with Crippen LogP contribution in [0.15, 0.2) is 30.3 Å². The van der Waals surface area contributed by atoms with Crippen LogP contribution in [0.2, 0.25) is 0 Å². The smallest absolute Gasteiger partial charge is 0.255 e. The topological polar surface area (TPSA) is 110 Å². The highest BCUT2D eigenvalue weighted by atomic mass is 16.2. The van der Waals surface area contributed by atoms with Gasteiger partial charge in [0.05, 0.1) is 0 Å². The molecule has 3 fully saturated rings. The normalized spacial score (nSPS) is 25.2. The Labute approximate surface area is 281 Å². The van der Waals surface area contributed by atoms with Gasteiger partial charge in [-0.1, -0.05) is 33.8 Å². The first-order valence-corrected chi connectivity index (χ1v) is 17.5. The molecule has 10 nitrogen and oxygen atoms in total. The first-order chi connectivity index (χ1) is 22.8. The molecular weight excluding hydrogens is 606 g/mol. The van der Waals surface area contributed by atoms with Gasteiger partial charge in [0.2, 0.25) is 11.8 Å². The predicted octanol–water partition coefficient (Wildman–Crippen LogP) is 4.10. The Bertz CT molecular complexity index is 1760. The number of benzene rings is 2. The van der Waals surface area contributed by atoms with Crippen molar-refractivity contribution in [2.75, 3.05) is 19.6 Å². The lowest BCUT2D eigenvalue weighted by atomic mass is 9.51. The number of likely N-dealkylation sites (tertiary alicyclic amines) is 1. The Hall–Kier alpha value is -4.05. The fourth-order valence-electron chi connectivity index (χ4n) is 10.4. The first-order valence-electron chi connectivity index (χ1n) is 17.5. The maximum absolute atomic E-state index is 13.6. The predicted molar refractivity (Wildman–Crippen MR) is 178 cm³/mol. The van der Waals surface area contributed by atoms with E-state index in [1.54, 1.807) is 4.90 Å². The highest BCUT2D eigenvalue weighted by molar-refractivity contribution is 6.05. The lowest BCUT2D eigenvalue weighted by Crippen LogP contribution is -2.63. The Kier molecular flexibility index (Phi) is 7.15. The second kappa shape index (κ2) is 11.0. The van der Waals surface area contributed by atoms with Gasteiger partial charge in [0.1, 0.15) is 6.04 Å². The van der Waals surface area contributed by atoms with E-state index in [0.717, 1.165) is 74.2 Å². The number of imide groups is 1. The monoisotopic (exact) mass is 651 g/mol. The summed E-state index contributed by atoms with van der Waals surface area (Å²) >= 11 is 0. The van der Waals surface area contributed by atoms with E-state index in [9.17, 15) is 24.0 Å². The van der Waals surface area contributed by atoms with Gasteiger partial charge in [-0.25, -0.2) is 0 Å². The molecule has 2 aromatic carbocycles. The minimum Gasteiger partial charge on any atom is -0.339 e. The van der Waals surface area contributed by atoms with Crippen molar-refractivity contribution in [2.45, 2.75) is 98.1 Å². The number of rotatable bonds is 5. The molecule has 252 valence electrons. The number of nitrogens with one attached hydrogen (secondary N) is 1. The summed E-state index contributed by atoms with van der Waals surface area (Å²) in [6.07, 6.45) is 3.59. The number of piperidine rings is 2. The van der Waals surface area contributed by atoms with E-state index in [2.05, 4.69) is 44.0 Å². The third-order valence-electron chi connectivity index (χ3n) is 11.9. The Morgan fingerprint density at radius 3 is 2.10 bits per heavy atom. The molecule has 0 aromatic heterocycles. The molecule has 1 N–H and O–H groups in total. The third kappa shape index (κ3) is 5.06. The van der Waals surface area contributed by atoms with Gasteiger partial charge in [-0.3, -0.25) is 34.2 Å². The Morgan fingerprint density at radius 1 is 0.771 bits per heavy atom. The van der Waals surface area contributed by atoms with Crippen molar-refractivity contribution in [1.82, 2.24) is 24.9 Å². The average molecular weight is 652 g/mol. The highest BCUT2D eigenvalue weighted by Crippen LogP contribution is 2.57. The molecule has 8 rings (SSSR count). The molecule has 0 radical (unpaired) electrons. The van der Waals surface area contributed by atoms with Gasteiger partial charge >= 0.3 is 0 Å². The fraction of sp³-hybridized carbons (Fsp3) is 0.553. The summed E-state index contributed by atoms with van der Waals surface area (Å²) in [5.41, 5.74) is 6.56. The maximum atomic E-state index is 13.6. The average Bonchev–Trinajstić information content (AvgIpc) is 3.67. The van der Waals surface area contributed by atoms with E-state index < -0.39 is 6.04 Å². The van der Waals surface area contributed by atoms with Crippen molar-refractivity contribution in [2.24, 2.45) is 16.7 Å². The van der Waals surface area contributed by atoms with E-state index in [1.165, 1.54) is 5.56 Å². The zero-order valence-electron chi connectivity index (χ0n) is 28.4. The van der Waals surface area contributed by atoms with Crippen LogP contribution >= 0.6 is 0 Å². The minimum atomic E-state index is -0.596. The second-order valence-corrected chi connectivity index (χ2v) is 16.4. The van der Waals surface area contributed by atoms with Crippen LogP contribution in [0.4, 0.5) is 0 Å². The van der Waals surface area contributed by atoms with Crippen LogP contribution in [-0.4, -0.2) is 80.9 Å². The molecule has 48 heavy (non-hydrogen) atoms. The number of hydrogen-bond donors (Lipinski definition) is 1. The van der Waals surface area contributed by atoms with Crippen molar-refractivity contribution in [3.63, 3.8) is 0 Å². The second-order valence-electron chi connectivity index (χ2n) is 16.4. The SMILES string of the molecule is CC1(C)CC(C)(C)C1N1Cc2cc(C(=O)N3CCC(CN4Cc5cc6c(cc5C4)C(=O)N(C4CCC(=O)NC4=O)C6)CC3)ccc2C1=O. The van der Waals surface area contributed by atoms with Crippen molar-refractivity contribution in [3.8, 4) is 0 Å². The summed E-state index contributed by atoms with van der Waals surface area (Å²) in [6.45, 7) is 13.9. The molecule has 5 heterocycles. The zero-order chi connectivity index (χ0) is 33.7. The van der Waals surface area contributed by atoms with Gasteiger partial charge in [-0.2, -0.15) is 0 Å². The molecule has 1 unspecified atom stereocenters. The molecule has 6 aliphatic rings. The number of hydrogen-bond acceptors (Lipinski definition) is 6. The van der Waals surface area contributed by atoms with Crippen molar-refractivity contribution in [1.29, 1.82) is 0 Å². The number of carbonyl (C=O) groups excluding carboxylic acids is 5. The molecule has 2 aromatic rings. The molecule has 10 heteroatoms. The van der Waals surface area contributed by atoms with Crippen molar-refractivity contribution >= 4 is 29.5 Å². The molecule has 1 atom stereocenters. The van der Waals surface area contributed by atoms with Gasteiger partial charge in [-0.15, -0.1) is 0 Å². The number of fused-ring (bicyclic) bond motifs is 3. The lowest BCUT2D eigenvalue weighted by molar-refractivity contribution is -0.136. The van der Waals surface area contributed by atoms with Gasteiger partial charge < -0.3 is 14.7 Å². The van der Waals surface area contributed by atoms with Crippen molar-refractivity contribution < 1.29 is 24.0 Å². The van der Waals surface area contributed by atoms with Gasteiger partial charge in [0, 0.05) is 75.0 Å². The molecular formula is C38H45N5O5.